The van der Waals surface area contributed by atoms with E-state index in [0.717, 1.165) is 11.1 Å². The van der Waals surface area contributed by atoms with E-state index in [1.807, 2.05) is 30.5 Å². The number of thioether (sulfide) groups is 1. The van der Waals surface area contributed by atoms with Crippen LogP contribution in [-0.2, 0) is 4.79 Å². The smallest absolute Gasteiger partial charge is 0.186 e. The van der Waals surface area contributed by atoms with Crippen LogP contribution in [-0.4, -0.2) is 15.9 Å². The molecule has 0 radical (unpaired) electrons. The first-order chi connectivity index (χ1) is 7.75. The summed E-state index contributed by atoms with van der Waals surface area (Å²) in [6.45, 7) is 1.55. The van der Waals surface area contributed by atoms with Crippen molar-refractivity contribution in [2.75, 3.05) is 5.75 Å². The molecule has 2 rings (SSSR count). The van der Waals surface area contributed by atoms with Crippen LogP contribution >= 0.6 is 11.8 Å². The quantitative estimate of drug-likeness (QED) is 0.763. The number of benzene rings is 1. The fourth-order valence-corrected chi connectivity index (χ4v) is 1.75. The van der Waals surface area contributed by atoms with Crippen LogP contribution in [0.5, 0.6) is 0 Å². The van der Waals surface area contributed by atoms with Crippen LogP contribution in [0.4, 0.5) is 0 Å². The lowest BCUT2D eigenvalue weighted by atomic mass is 10.2. The maximum atomic E-state index is 10.7. The number of nitrogens with one attached hydrogen (secondary N) is 1. The minimum absolute atomic E-state index is 0.106. The molecule has 1 N–H and O–H groups in total. The van der Waals surface area contributed by atoms with Crippen LogP contribution < -0.4 is 0 Å². The number of hydrogen-bond donors (Lipinski definition) is 1. The van der Waals surface area contributed by atoms with Crippen LogP contribution in [0.2, 0.25) is 0 Å². The van der Waals surface area contributed by atoms with Gasteiger partial charge < -0.3 is 4.98 Å². The summed E-state index contributed by atoms with van der Waals surface area (Å²) in [5.41, 5.74) is 2.06. The molecule has 0 aliphatic heterocycles. The molecule has 16 heavy (non-hydrogen) atoms. The van der Waals surface area contributed by atoms with Crippen LogP contribution in [0.15, 0.2) is 30.5 Å². The van der Waals surface area contributed by atoms with Gasteiger partial charge >= 0.3 is 0 Å². The van der Waals surface area contributed by atoms with Gasteiger partial charge in [-0.2, -0.15) is 0 Å². The number of H-pyrrole nitrogens is 1. The number of rotatable bonds is 1. The van der Waals surface area contributed by atoms with Crippen molar-refractivity contribution in [1.29, 1.82) is 0 Å². The molecule has 1 aromatic carbocycles. The lowest BCUT2D eigenvalue weighted by Crippen LogP contribution is -1.82. The van der Waals surface area contributed by atoms with Crippen LogP contribution in [0.1, 0.15) is 12.5 Å². The van der Waals surface area contributed by atoms with Crippen LogP contribution in [0.3, 0.4) is 0 Å². The van der Waals surface area contributed by atoms with E-state index in [9.17, 15) is 4.79 Å². The Balaban J connectivity index is 2.11. The Kier molecular flexibility index (Phi) is 3.33. The Bertz CT molecular complexity index is 574. The normalized spacial score (nSPS) is 9.81. The van der Waals surface area contributed by atoms with Gasteiger partial charge in [-0.1, -0.05) is 29.7 Å². The maximum absolute atomic E-state index is 10.7. The van der Waals surface area contributed by atoms with E-state index in [1.54, 1.807) is 6.92 Å². The summed E-state index contributed by atoms with van der Waals surface area (Å²) >= 11 is 1.24. The Hall–Kier alpha value is -1.66. The maximum Gasteiger partial charge on any atom is 0.186 e. The number of aromatic nitrogens is 1. The van der Waals surface area contributed by atoms with Gasteiger partial charge in [-0.25, -0.2) is 0 Å². The first-order valence-electron chi connectivity index (χ1n) is 4.95. The van der Waals surface area contributed by atoms with Gasteiger partial charge in [0.15, 0.2) is 5.12 Å². The molecule has 0 saturated carbocycles. The molecule has 0 unspecified atom stereocenters. The molecular weight excluding hydrogens is 218 g/mol. The van der Waals surface area contributed by atoms with Crippen molar-refractivity contribution in [3.63, 3.8) is 0 Å². The van der Waals surface area contributed by atoms with Gasteiger partial charge in [0.1, 0.15) is 0 Å². The van der Waals surface area contributed by atoms with Gasteiger partial charge in [0.05, 0.1) is 5.75 Å². The first-order valence-corrected chi connectivity index (χ1v) is 5.93. The van der Waals surface area contributed by atoms with Crippen molar-refractivity contribution >= 4 is 27.8 Å². The number of aromatic amines is 1. The summed E-state index contributed by atoms with van der Waals surface area (Å²) < 4.78 is 0. The van der Waals surface area contributed by atoms with E-state index < -0.39 is 0 Å². The zero-order chi connectivity index (χ0) is 11.4. The Morgan fingerprint density at radius 3 is 3.12 bits per heavy atom. The summed E-state index contributed by atoms with van der Waals surface area (Å²) in [6, 6.07) is 8.06. The van der Waals surface area contributed by atoms with Crippen molar-refractivity contribution in [2.24, 2.45) is 0 Å². The third-order valence-corrected chi connectivity index (χ3v) is 2.83. The van der Waals surface area contributed by atoms with E-state index in [4.69, 9.17) is 0 Å². The molecule has 0 aliphatic carbocycles. The predicted octanol–water partition coefficient (Wildman–Crippen LogP) is 2.80. The molecule has 0 bridgehead atoms. The monoisotopic (exact) mass is 229 g/mol. The fraction of sp³-hybridized carbons (Fsp3) is 0.154. The number of carbonyl (C=O) groups excluding carboxylic acids is 1. The lowest BCUT2D eigenvalue weighted by Gasteiger charge is -1.91. The molecular formula is C13H11NOS. The van der Waals surface area contributed by atoms with E-state index in [1.165, 1.54) is 17.1 Å². The molecule has 1 aromatic heterocycles. The highest BCUT2D eigenvalue weighted by molar-refractivity contribution is 8.13. The number of fused-ring (bicyclic) bond motifs is 1. The third kappa shape index (κ3) is 2.68. The minimum atomic E-state index is 0.106. The Labute approximate surface area is 98.4 Å². The standard InChI is InChI=1S/C13H11NOS/c1-10(15)16-8-2-3-11-4-5-12-6-7-14-13(12)9-11/h4-7,9,14H,8H2,1H3. The summed E-state index contributed by atoms with van der Waals surface area (Å²) in [5, 5.41) is 1.29. The van der Waals surface area contributed by atoms with E-state index in [-0.39, 0.29) is 5.12 Å². The van der Waals surface area contributed by atoms with E-state index >= 15 is 0 Å². The molecule has 0 aliphatic rings. The van der Waals surface area contributed by atoms with Crippen LogP contribution in [0, 0.1) is 11.8 Å². The van der Waals surface area contributed by atoms with Crippen molar-refractivity contribution < 1.29 is 4.79 Å². The Morgan fingerprint density at radius 2 is 2.31 bits per heavy atom. The molecule has 0 amide bonds. The topological polar surface area (TPSA) is 32.9 Å². The summed E-state index contributed by atoms with van der Waals surface area (Å²) in [4.78, 5) is 13.8. The SMILES string of the molecule is CC(=O)SCC#Cc1ccc2cc[nH]c2c1. The second-order valence-electron chi connectivity index (χ2n) is 3.36. The van der Waals surface area contributed by atoms with Crippen molar-refractivity contribution in [3.05, 3.63) is 36.0 Å². The molecule has 3 heteroatoms. The van der Waals surface area contributed by atoms with Gasteiger partial charge in [0, 0.05) is 24.2 Å². The molecule has 0 fully saturated rings. The first kappa shape index (κ1) is 10.8. The van der Waals surface area contributed by atoms with Gasteiger partial charge in [-0.05, 0) is 23.6 Å². The molecule has 80 valence electrons. The number of carbonyl (C=O) groups is 1. The highest BCUT2D eigenvalue weighted by Gasteiger charge is 1.94. The molecule has 2 aromatic rings. The fourth-order valence-electron chi connectivity index (χ4n) is 1.40. The average Bonchev–Trinajstić information content (AvgIpc) is 2.71. The second kappa shape index (κ2) is 4.91. The molecule has 0 saturated heterocycles. The second-order valence-corrected chi connectivity index (χ2v) is 4.51. The van der Waals surface area contributed by atoms with E-state index in [0.29, 0.717) is 5.75 Å². The highest BCUT2D eigenvalue weighted by Crippen LogP contribution is 2.13. The molecule has 2 nitrogen and oxygen atoms in total. The van der Waals surface area contributed by atoms with Gasteiger partial charge in [-0.3, -0.25) is 4.79 Å². The van der Waals surface area contributed by atoms with Crippen LogP contribution in [0.25, 0.3) is 10.9 Å². The zero-order valence-corrected chi connectivity index (χ0v) is 9.73. The summed E-state index contributed by atoms with van der Waals surface area (Å²) in [7, 11) is 0. The van der Waals surface area contributed by atoms with Crippen molar-refractivity contribution in [1.82, 2.24) is 4.98 Å². The molecule has 1 heterocycles. The van der Waals surface area contributed by atoms with Crippen molar-refractivity contribution in [3.8, 4) is 11.8 Å². The van der Waals surface area contributed by atoms with Gasteiger partial charge in [0.25, 0.3) is 0 Å². The average molecular weight is 229 g/mol. The largest absolute Gasteiger partial charge is 0.361 e. The van der Waals surface area contributed by atoms with Gasteiger partial charge in [0.2, 0.25) is 0 Å². The van der Waals surface area contributed by atoms with E-state index in [2.05, 4.69) is 16.8 Å². The molecule has 0 spiro atoms. The lowest BCUT2D eigenvalue weighted by molar-refractivity contribution is -0.109. The zero-order valence-electron chi connectivity index (χ0n) is 8.91. The van der Waals surface area contributed by atoms with Crippen molar-refractivity contribution in [2.45, 2.75) is 6.92 Å². The summed E-state index contributed by atoms with van der Waals surface area (Å²) in [6.07, 6.45) is 1.91. The summed E-state index contributed by atoms with van der Waals surface area (Å²) in [5.74, 6) is 6.56. The number of hydrogen-bond acceptors (Lipinski definition) is 2. The van der Waals surface area contributed by atoms with Gasteiger partial charge in [-0.15, -0.1) is 0 Å². The Morgan fingerprint density at radius 1 is 1.44 bits per heavy atom. The molecule has 0 atom stereocenters. The predicted molar refractivity (Wildman–Crippen MR) is 68.3 cm³/mol. The highest BCUT2D eigenvalue weighted by atomic mass is 32.2. The minimum Gasteiger partial charge on any atom is -0.361 e. The third-order valence-electron chi connectivity index (χ3n) is 2.14.